The fraction of sp³-hybridized carbons (Fsp3) is 0.235. The van der Waals surface area contributed by atoms with Gasteiger partial charge in [0.1, 0.15) is 24.1 Å². The molecule has 0 spiro atoms. The van der Waals surface area contributed by atoms with E-state index in [2.05, 4.69) is 5.32 Å². The molecule has 0 radical (unpaired) electrons. The molecule has 0 aliphatic carbocycles. The van der Waals surface area contributed by atoms with E-state index in [1.165, 1.54) is 69.5 Å². The second-order valence-electron chi connectivity index (χ2n) is 10.6. The summed E-state index contributed by atoms with van der Waals surface area (Å²) in [6, 6.07) is 24.7. The van der Waals surface area contributed by atoms with Crippen molar-refractivity contribution in [3.8, 4) is 11.5 Å². The normalized spacial score (nSPS) is 11.7. The van der Waals surface area contributed by atoms with Crippen LogP contribution in [0.4, 0.5) is 11.4 Å². The minimum atomic E-state index is -4.55. The van der Waals surface area contributed by atoms with Crippen molar-refractivity contribution in [3.63, 3.8) is 0 Å². The third kappa shape index (κ3) is 8.24. The number of nitro groups is 1. The highest BCUT2D eigenvalue weighted by atomic mass is 32.2. The van der Waals surface area contributed by atoms with Crippen molar-refractivity contribution >= 4 is 33.2 Å². The number of hydrogen-bond donors (Lipinski definition) is 1. The molecule has 4 aromatic rings. The van der Waals surface area contributed by atoms with Crippen molar-refractivity contribution in [3.05, 3.63) is 124 Å². The van der Waals surface area contributed by atoms with Crippen LogP contribution in [0.15, 0.2) is 102 Å². The molecule has 4 rings (SSSR count). The van der Waals surface area contributed by atoms with E-state index in [0.29, 0.717) is 17.1 Å². The van der Waals surface area contributed by atoms with Crippen molar-refractivity contribution in [2.45, 2.75) is 30.8 Å². The molecule has 0 saturated carbocycles. The number of nitrogens with one attached hydrogen (secondary N) is 1. The van der Waals surface area contributed by atoms with Gasteiger partial charge in [0, 0.05) is 31.6 Å². The first-order chi connectivity index (χ1) is 22.5. The smallest absolute Gasteiger partial charge is 0.273 e. The Hall–Kier alpha value is -5.43. The number of aryl methyl sites for hydroxylation is 1. The Balaban J connectivity index is 1.83. The van der Waals surface area contributed by atoms with Gasteiger partial charge in [0.25, 0.3) is 15.7 Å². The van der Waals surface area contributed by atoms with Gasteiger partial charge in [-0.1, -0.05) is 48.5 Å². The van der Waals surface area contributed by atoms with Gasteiger partial charge in [0.2, 0.25) is 11.8 Å². The molecule has 47 heavy (non-hydrogen) atoms. The van der Waals surface area contributed by atoms with Crippen LogP contribution in [0.25, 0.3) is 0 Å². The zero-order valence-electron chi connectivity index (χ0n) is 26.5. The van der Waals surface area contributed by atoms with Crippen LogP contribution in [-0.2, 0) is 32.6 Å². The van der Waals surface area contributed by atoms with Gasteiger partial charge in [-0.25, -0.2) is 8.42 Å². The van der Waals surface area contributed by atoms with Crippen molar-refractivity contribution in [2.75, 3.05) is 32.1 Å². The molecule has 0 aliphatic heterocycles. The summed E-state index contributed by atoms with van der Waals surface area (Å²) in [6.45, 7) is 0.734. The van der Waals surface area contributed by atoms with Gasteiger partial charge in [-0.15, -0.1) is 0 Å². The van der Waals surface area contributed by atoms with E-state index in [1.54, 1.807) is 24.3 Å². The first-order valence-corrected chi connectivity index (χ1v) is 16.0. The lowest BCUT2D eigenvalue weighted by atomic mass is 10.0. The quantitative estimate of drug-likeness (QED) is 0.154. The number of methoxy groups -OCH3 is 2. The summed E-state index contributed by atoms with van der Waals surface area (Å²) in [7, 11) is -0.113. The fourth-order valence-electron chi connectivity index (χ4n) is 5.04. The van der Waals surface area contributed by atoms with E-state index in [0.717, 1.165) is 15.9 Å². The number of hydrogen-bond acceptors (Lipinski definition) is 8. The second-order valence-corrected chi connectivity index (χ2v) is 12.5. The molecular weight excluding hydrogens is 624 g/mol. The molecule has 0 fully saturated rings. The van der Waals surface area contributed by atoms with Crippen molar-refractivity contribution in [2.24, 2.45) is 0 Å². The first-order valence-electron chi connectivity index (χ1n) is 14.6. The molecule has 13 heteroatoms. The van der Waals surface area contributed by atoms with Gasteiger partial charge in [-0.05, 0) is 60.5 Å². The van der Waals surface area contributed by atoms with E-state index in [9.17, 15) is 28.1 Å². The van der Waals surface area contributed by atoms with Gasteiger partial charge < -0.3 is 19.7 Å². The minimum Gasteiger partial charge on any atom is -0.497 e. The summed E-state index contributed by atoms with van der Waals surface area (Å²) in [5.74, 6) is -0.139. The van der Waals surface area contributed by atoms with Crippen molar-refractivity contribution < 1.29 is 32.4 Å². The number of nitrogens with zero attached hydrogens (tertiary/aromatic N) is 3. The number of ether oxygens (including phenoxy) is 2. The highest BCUT2D eigenvalue weighted by molar-refractivity contribution is 7.92. The topological polar surface area (TPSA) is 148 Å². The number of benzene rings is 4. The average molecular weight is 661 g/mol. The standard InChI is InChI=1S/C34H36N4O8S/c1-24-13-18-30(21-31(24)38(41)42)47(43,44)37(27-14-16-28(45-3)17-15-27)23-33(39)36(22-26-11-8-12-29(19-26)46-4)32(34(40)35-2)20-25-9-6-5-7-10-25/h5-19,21,32H,20,22-23H2,1-4H3,(H,35,40)/t32-/m0/s1. The molecule has 2 amide bonds. The van der Waals surface area contributed by atoms with Crippen LogP contribution in [0, 0.1) is 17.0 Å². The summed E-state index contributed by atoms with van der Waals surface area (Å²) < 4.78 is 39.9. The number of likely N-dealkylation sites (N-methyl/N-ethyl adjacent to an activating group) is 1. The van der Waals surface area contributed by atoms with Crippen molar-refractivity contribution in [1.82, 2.24) is 10.2 Å². The van der Waals surface area contributed by atoms with Gasteiger partial charge in [0.05, 0.1) is 29.7 Å². The van der Waals surface area contributed by atoms with E-state index < -0.39 is 39.3 Å². The Bertz CT molecular complexity index is 1830. The third-order valence-electron chi connectivity index (χ3n) is 7.61. The molecule has 0 saturated heterocycles. The maximum Gasteiger partial charge on any atom is 0.273 e. The maximum absolute atomic E-state index is 14.4. The highest BCUT2D eigenvalue weighted by Gasteiger charge is 2.35. The predicted octanol–water partition coefficient (Wildman–Crippen LogP) is 4.50. The van der Waals surface area contributed by atoms with Crippen molar-refractivity contribution in [1.29, 1.82) is 0 Å². The third-order valence-corrected chi connectivity index (χ3v) is 9.38. The summed E-state index contributed by atoms with van der Waals surface area (Å²) in [4.78, 5) is 39.9. The van der Waals surface area contributed by atoms with Crippen LogP contribution < -0.4 is 19.1 Å². The predicted molar refractivity (Wildman–Crippen MR) is 177 cm³/mol. The SMILES string of the molecule is CNC(=O)[C@H](Cc1ccccc1)N(Cc1cccc(OC)c1)C(=O)CN(c1ccc(OC)cc1)S(=O)(=O)c1ccc(C)c([N+](=O)[O-])c1. The van der Waals surface area contributed by atoms with Crippen LogP contribution in [0.5, 0.6) is 11.5 Å². The molecule has 246 valence electrons. The zero-order valence-corrected chi connectivity index (χ0v) is 27.3. The second kappa shape index (κ2) is 15.2. The lowest BCUT2D eigenvalue weighted by Gasteiger charge is -2.33. The molecule has 0 bridgehead atoms. The molecule has 0 aromatic heterocycles. The van der Waals surface area contributed by atoms with Gasteiger partial charge >= 0.3 is 0 Å². The fourth-order valence-corrected chi connectivity index (χ4v) is 6.47. The van der Waals surface area contributed by atoms with Crippen LogP contribution in [0.3, 0.4) is 0 Å². The average Bonchev–Trinajstić information content (AvgIpc) is 3.08. The van der Waals surface area contributed by atoms with E-state index in [-0.39, 0.29) is 34.8 Å². The number of amides is 2. The monoisotopic (exact) mass is 660 g/mol. The Morgan fingerprint density at radius 3 is 2.15 bits per heavy atom. The molecule has 4 aromatic carbocycles. The van der Waals surface area contributed by atoms with E-state index in [4.69, 9.17) is 9.47 Å². The van der Waals surface area contributed by atoms with Gasteiger partial charge in [-0.3, -0.25) is 24.0 Å². The van der Waals surface area contributed by atoms with Crippen LogP contribution in [0.1, 0.15) is 16.7 Å². The number of rotatable bonds is 14. The number of carbonyl (C=O) groups excluding carboxylic acids is 2. The molecule has 0 aliphatic rings. The van der Waals surface area contributed by atoms with Gasteiger partial charge in [-0.2, -0.15) is 0 Å². The van der Waals surface area contributed by atoms with Crippen LogP contribution >= 0.6 is 0 Å². The minimum absolute atomic E-state index is 0.0482. The van der Waals surface area contributed by atoms with E-state index >= 15 is 0 Å². The molecule has 12 nitrogen and oxygen atoms in total. The Morgan fingerprint density at radius 2 is 1.53 bits per heavy atom. The summed E-state index contributed by atoms with van der Waals surface area (Å²) in [5, 5.41) is 14.3. The number of sulfonamides is 1. The highest BCUT2D eigenvalue weighted by Crippen LogP contribution is 2.30. The zero-order chi connectivity index (χ0) is 34.1. The molecule has 1 N–H and O–H groups in total. The summed E-state index contributed by atoms with van der Waals surface area (Å²) >= 11 is 0. The van der Waals surface area contributed by atoms with Crippen LogP contribution in [-0.4, -0.2) is 63.9 Å². The Morgan fingerprint density at radius 1 is 0.872 bits per heavy atom. The first kappa shape index (κ1) is 34.4. The number of anilines is 1. The van der Waals surface area contributed by atoms with Crippen LogP contribution in [0.2, 0.25) is 0 Å². The number of nitro benzene ring substituents is 1. The van der Waals surface area contributed by atoms with E-state index in [1.807, 2.05) is 30.3 Å². The molecule has 0 unspecified atom stereocenters. The molecular formula is C34H36N4O8S. The lowest BCUT2D eigenvalue weighted by Crippen LogP contribution is -2.53. The lowest BCUT2D eigenvalue weighted by molar-refractivity contribution is -0.385. The Kier molecular flexibility index (Phi) is 11.2. The molecule has 1 atom stereocenters. The summed E-state index contributed by atoms with van der Waals surface area (Å²) in [5.41, 5.74) is 1.45. The largest absolute Gasteiger partial charge is 0.497 e. The summed E-state index contributed by atoms with van der Waals surface area (Å²) in [6.07, 6.45) is 0.148. The van der Waals surface area contributed by atoms with Gasteiger partial charge in [0.15, 0.2) is 0 Å². The number of carbonyl (C=O) groups is 2. The Labute approximate surface area is 273 Å². The molecule has 0 heterocycles. The maximum atomic E-state index is 14.4.